The maximum absolute atomic E-state index is 9.63. The number of rotatable bonds is 2. The zero-order valence-electron chi connectivity index (χ0n) is 10.4. The number of phenols is 1. The molecule has 1 aromatic heterocycles. The molecule has 94 valence electrons. The molecule has 2 aromatic rings. The quantitative estimate of drug-likeness (QED) is 0.852. The highest BCUT2D eigenvalue weighted by atomic mass is 16.3. The Labute approximate surface area is 106 Å². The summed E-state index contributed by atoms with van der Waals surface area (Å²) in [6.45, 7) is 0. The summed E-state index contributed by atoms with van der Waals surface area (Å²) in [5.74, 6) is 1.22. The molecule has 0 saturated carbocycles. The van der Waals surface area contributed by atoms with Crippen molar-refractivity contribution in [3.8, 4) is 5.75 Å². The number of nitrogens with one attached hydrogen (secondary N) is 1. The van der Waals surface area contributed by atoms with Gasteiger partial charge >= 0.3 is 0 Å². The molecule has 1 aliphatic rings. The van der Waals surface area contributed by atoms with Gasteiger partial charge in [0.1, 0.15) is 11.6 Å². The Hall–Kier alpha value is -1.97. The Kier molecular flexibility index (Phi) is 2.70. The van der Waals surface area contributed by atoms with Crippen molar-refractivity contribution in [2.24, 2.45) is 7.05 Å². The van der Waals surface area contributed by atoms with Gasteiger partial charge < -0.3 is 10.4 Å². The first kappa shape index (κ1) is 11.1. The minimum Gasteiger partial charge on any atom is -0.508 e. The monoisotopic (exact) mass is 243 g/mol. The zero-order valence-corrected chi connectivity index (χ0v) is 10.4. The zero-order chi connectivity index (χ0) is 12.5. The molecule has 0 spiro atoms. The largest absolute Gasteiger partial charge is 0.508 e. The highest BCUT2D eigenvalue weighted by Gasteiger charge is 2.20. The highest BCUT2D eigenvalue weighted by Crippen LogP contribution is 2.34. The third-order valence-corrected chi connectivity index (χ3v) is 3.48. The molecule has 0 aliphatic heterocycles. The van der Waals surface area contributed by atoms with E-state index in [1.165, 1.54) is 17.5 Å². The number of aryl methyl sites for hydroxylation is 2. The summed E-state index contributed by atoms with van der Waals surface area (Å²) in [7, 11) is 1.91. The Morgan fingerprint density at radius 2 is 2.28 bits per heavy atom. The minimum absolute atomic E-state index is 0.246. The number of hydrogen-bond acceptors (Lipinski definition) is 3. The van der Waals surface area contributed by atoms with Crippen LogP contribution in [0.4, 0.5) is 5.82 Å². The van der Waals surface area contributed by atoms with Gasteiger partial charge in [0.2, 0.25) is 0 Å². The molecule has 0 fully saturated rings. The van der Waals surface area contributed by atoms with Gasteiger partial charge in [-0.1, -0.05) is 6.07 Å². The van der Waals surface area contributed by atoms with E-state index in [1.54, 1.807) is 10.7 Å². The van der Waals surface area contributed by atoms with E-state index < -0.39 is 0 Å². The Morgan fingerprint density at radius 3 is 3.06 bits per heavy atom. The van der Waals surface area contributed by atoms with Gasteiger partial charge in [-0.15, -0.1) is 0 Å². The maximum atomic E-state index is 9.63. The van der Waals surface area contributed by atoms with E-state index in [2.05, 4.69) is 10.4 Å². The molecular formula is C14H17N3O. The lowest BCUT2D eigenvalue weighted by Gasteiger charge is -2.26. The number of aromatic nitrogens is 2. The second kappa shape index (κ2) is 4.37. The molecule has 3 rings (SSSR count). The molecule has 0 radical (unpaired) electrons. The first-order valence-corrected chi connectivity index (χ1v) is 6.30. The van der Waals surface area contributed by atoms with E-state index in [0.29, 0.717) is 5.75 Å². The molecule has 1 unspecified atom stereocenters. The molecule has 4 nitrogen and oxygen atoms in total. The first-order valence-electron chi connectivity index (χ1n) is 6.30. The van der Waals surface area contributed by atoms with E-state index in [-0.39, 0.29) is 6.04 Å². The van der Waals surface area contributed by atoms with E-state index >= 15 is 0 Å². The standard InChI is InChI=1S/C14H17N3O/c1-17-8-7-14(16-17)15-13-4-2-3-10-5-6-11(18)9-12(10)13/h5-9,13,18H,2-4H2,1H3,(H,15,16). The first-order chi connectivity index (χ1) is 8.72. The lowest BCUT2D eigenvalue weighted by atomic mass is 9.87. The van der Waals surface area contributed by atoms with Crippen LogP contribution in [0.1, 0.15) is 30.0 Å². The molecule has 1 aromatic carbocycles. The summed E-state index contributed by atoms with van der Waals surface area (Å²) in [5.41, 5.74) is 2.53. The van der Waals surface area contributed by atoms with Crippen molar-refractivity contribution in [2.45, 2.75) is 25.3 Å². The van der Waals surface area contributed by atoms with Gasteiger partial charge in [0.05, 0.1) is 6.04 Å². The van der Waals surface area contributed by atoms with E-state index in [4.69, 9.17) is 0 Å². The summed E-state index contributed by atoms with van der Waals surface area (Å²) in [6.07, 6.45) is 5.26. The van der Waals surface area contributed by atoms with Crippen LogP contribution in [0.5, 0.6) is 5.75 Å². The fraction of sp³-hybridized carbons (Fsp3) is 0.357. The van der Waals surface area contributed by atoms with Crippen LogP contribution < -0.4 is 5.32 Å². The second-order valence-corrected chi connectivity index (χ2v) is 4.85. The number of nitrogens with zero attached hydrogens (tertiary/aromatic N) is 2. The van der Waals surface area contributed by atoms with E-state index in [0.717, 1.165) is 18.7 Å². The third kappa shape index (κ3) is 2.06. The van der Waals surface area contributed by atoms with Crippen LogP contribution in [0.2, 0.25) is 0 Å². The van der Waals surface area contributed by atoms with Gasteiger partial charge in [0.25, 0.3) is 0 Å². The lowest BCUT2D eigenvalue weighted by molar-refractivity contribution is 0.471. The fourth-order valence-corrected chi connectivity index (χ4v) is 2.61. The van der Waals surface area contributed by atoms with E-state index in [1.807, 2.05) is 31.4 Å². The van der Waals surface area contributed by atoms with Crippen LogP contribution in [-0.4, -0.2) is 14.9 Å². The van der Waals surface area contributed by atoms with Crippen molar-refractivity contribution < 1.29 is 5.11 Å². The summed E-state index contributed by atoms with van der Waals surface area (Å²) < 4.78 is 1.79. The summed E-state index contributed by atoms with van der Waals surface area (Å²) in [4.78, 5) is 0. The third-order valence-electron chi connectivity index (χ3n) is 3.48. The van der Waals surface area contributed by atoms with Crippen LogP contribution in [0.3, 0.4) is 0 Å². The Morgan fingerprint density at radius 1 is 1.39 bits per heavy atom. The predicted molar refractivity (Wildman–Crippen MR) is 70.6 cm³/mol. The minimum atomic E-state index is 0.246. The number of hydrogen-bond donors (Lipinski definition) is 2. The van der Waals surface area contributed by atoms with Crippen LogP contribution in [-0.2, 0) is 13.5 Å². The van der Waals surface area contributed by atoms with Crippen molar-refractivity contribution in [2.75, 3.05) is 5.32 Å². The van der Waals surface area contributed by atoms with Crippen molar-refractivity contribution >= 4 is 5.82 Å². The van der Waals surface area contributed by atoms with Crippen molar-refractivity contribution in [3.05, 3.63) is 41.6 Å². The number of aromatic hydroxyl groups is 1. The molecular weight excluding hydrogens is 226 g/mol. The summed E-state index contributed by atoms with van der Waals surface area (Å²) in [6, 6.07) is 7.88. The van der Waals surface area contributed by atoms with E-state index in [9.17, 15) is 5.11 Å². The van der Waals surface area contributed by atoms with Gasteiger partial charge in [-0.3, -0.25) is 4.68 Å². The van der Waals surface area contributed by atoms with Gasteiger partial charge in [0.15, 0.2) is 0 Å². The highest BCUT2D eigenvalue weighted by molar-refractivity contribution is 5.44. The number of benzene rings is 1. The number of fused-ring (bicyclic) bond motifs is 1. The van der Waals surface area contributed by atoms with Crippen molar-refractivity contribution in [3.63, 3.8) is 0 Å². The van der Waals surface area contributed by atoms with Crippen LogP contribution in [0, 0.1) is 0 Å². The molecule has 0 saturated heterocycles. The molecule has 1 aliphatic carbocycles. The number of anilines is 1. The number of phenolic OH excluding ortho intramolecular Hbond substituents is 1. The molecule has 2 N–H and O–H groups in total. The van der Waals surface area contributed by atoms with Gasteiger partial charge in [-0.05, 0) is 42.5 Å². The Bertz CT molecular complexity index is 562. The summed E-state index contributed by atoms with van der Waals surface area (Å²) >= 11 is 0. The van der Waals surface area contributed by atoms with Crippen LogP contribution >= 0.6 is 0 Å². The van der Waals surface area contributed by atoms with Crippen molar-refractivity contribution in [1.82, 2.24) is 9.78 Å². The molecule has 4 heteroatoms. The average Bonchev–Trinajstić information content (AvgIpc) is 2.76. The molecule has 1 heterocycles. The van der Waals surface area contributed by atoms with Crippen molar-refractivity contribution in [1.29, 1.82) is 0 Å². The maximum Gasteiger partial charge on any atom is 0.148 e. The van der Waals surface area contributed by atoms with Gasteiger partial charge in [-0.2, -0.15) is 5.10 Å². The Balaban J connectivity index is 1.88. The second-order valence-electron chi connectivity index (χ2n) is 4.85. The smallest absolute Gasteiger partial charge is 0.148 e. The fourth-order valence-electron chi connectivity index (χ4n) is 2.61. The average molecular weight is 243 g/mol. The molecule has 0 bridgehead atoms. The van der Waals surface area contributed by atoms with Crippen LogP contribution in [0.25, 0.3) is 0 Å². The molecule has 1 atom stereocenters. The normalized spacial score (nSPS) is 18.4. The molecule has 18 heavy (non-hydrogen) atoms. The topological polar surface area (TPSA) is 50.1 Å². The van der Waals surface area contributed by atoms with Gasteiger partial charge in [-0.25, -0.2) is 0 Å². The summed E-state index contributed by atoms with van der Waals surface area (Å²) in [5, 5.41) is 17.4. The predicted octanol–water partition coefficient (Wildman–Crippen LogP) is 2.62. The van der Waals surface area contributed by atoms with Crippen LogP contribution in [0.15, 0.2) is 30.5 Å². The SMILES string of the molecule is Cn1ccc(NC2CCCc3ccc(O)cc32)n1. The molecule has 0 amide bonds. The lowest BCUT2D eigenvalue weighted by Crippen LogP contribution is -2.17. The van der Waals surface area contributed by atoms with Gasteiger partial charge in [0, 0.05) is 19.3 Å².